The summed E-state index contributed by atoms with van der Waals surface area (Å²) in [5.41, 5.74) is 8.46. The normalized spacial score (nSPS) is 11.5. The smallest absolute Gasteiger partial charge is 0.156 e. The molecule has 0 aliphatic heterocycles. The maximum absolute atomic E-state index is 5.14. The maximum Gasteiger partial charge on any atom is 0.156 e. The molecule has 7 nitrogen and oxygen atoms in total. The highest BCUT2D eigenvalue weighted by Gasteiger charge is 2.22. The third kappa shape index (κ3) is 3.44. The van der Waals surface area contributed by atoms with Gasteiger partial charge in [-0.25, -0.2) is 9.97 Å². The quantitative estimate of drug-likeness (QED) is 0.283. The molecule has 0 aliphatic carbocycles. The molecule has 0 radical (unpaired) electrons. The van der Waals surface area contributed by atoms with Crippen LogP contribution in [-0.4, -0.2) is 29.9 Å². The first-order valence-electron chi connectivity index (χ1n) is 11.6. The number of hydrogen-bond acceptors (Lipinski definition) is 7. The predicted molar refractivity (Wildman–Crippen MR) is 139 cm³/mol. The summed E-state index contributed by atoms with van der Waals surface area (Å²) in [6, 6.07) is 16.8. The monoisotopic (exact) mass is 457 g/mol. The molecular formula is C28H23N7. The number of hydrogen-bond donors (Lipinski definition) is 0. The van der Waals surface area contributed by atoms with Crippen LogP contribution in [0.4, 0.5) is 17.2 Å². The lowest BCUT2D eigenvalue weighted by atomic mass is 9.99. The van der Waals surface area contributed by atoms with Crippen molar-refractivity contribution in [3.8, 4) is 0 Å². The van der Waals surface area contributed by atoms with Crippen LogP contribution in [0.15, 0.2) is 79.5 Å². The van der Waals surface area contributed by atoms with Crippen LogP contribution in [-0.2, 0) is 0 Å². The zero-order chi connectivity index (χ0) is 23.9. The molecule has 0 atom stereocenters. The maximum atomic E-state index is 5.14. The Bertz CT molecular complexity index is 1680. The van der Waals surface area contributed by atoms with Crippen molar-refractivity contribution in [2.24, 2.45) is 0 Å². The zero-order valence-corrected chi connectivity index (χ0v) is 19.7. The van der Waals surface area contributed by atoms with Gasteiger partial charge in [-0.1, -0.05) is 50.2 Å². The fourth-order valence-electron chi connectivity index (χ4n) is 4.57. The van der Waals surface area contributed by atoms with Gasteiger partial charge in [0.25, 0.3) is 0 Å². The molecule has 0 saturated carbocycles. The number of anilines is 3. The van der Waals surface area contributed by atoms with Crippen LogP contribution in [0.25, 0.3) is 33.1 Å². The minimum absolute atomic E-state index is 0.331. The van der Waals surface area contributed by atoms with Gasteiger partial charge in [-0.2, -0.15) is 0 Å². The Morgan fingerprint density at radius 2 is 1.11 bits per heavy atom. The molecule has 3 aromatic carbocycles. The van der Waals surface area contributed by atoms with E-state index in [9.17, 15) is 0 Å². The van der Waals surface area contributed by atoms with Crippen molar-refractivity contribution in [2.75, 3.05) is 4.90 Å². The summed E-state index contributed by atoms with van der Waals surface area (Å²) in [4.78, 5) is 30.4. The van der Waals surface area contributed by atoms with Crippen LogP contribution in [0.2, 0.25) is 0 Å². The van der Waals surface area contributed by atoms with Crippen molar-refractivity contribution in [3.05, 3.63) is 90.6 Å². The number of fused-ring (bicyclic) bond motifs is 6. The van der Waals surface area contributed by atoms with Crippen LogP contribution in [0.5, 0.6) is 0 Å². The second-order valence-electron chi connectivity index (χ2n) is 8.77. The lowest BCUT2D eigenvalue weighted by Gasteiger charge is -2.28. The minimum atomic E-state index is 0.331. The standard InChI is InChI=1S/C28H23N7/c1-17(2)19-9-5-7-11-21(19)35(20-10-6-4-8-18(20)3)22-16-33-27-25-23(29-12-13-31-25)24-26(28(27)34-22)32-15-14-30-24/h4-17H,1-3H3. The first-order valence-corrected chi connectivity index (χ1v) is 11.6. The van der Waals surface area contributed by atoms with Gasteiger partial charge in [0, 0.05) is 24.8 Å². The van der Waals surface area contributed by atoms with Gasteiger partial charge in [-0.15, -0.1) is 0 Å². The van der Waals surface area contributed by atoms with E-state index in [0.717, 1.165) is 16.9 Å². The Balaban J connectivity index is 1.70. The average Bonchev–Trinajstić information content (AvgIpc) is 2.90. The zero-order valence-electron chi connectivity index (χ0n) is 19.7. The van der Waals surface area contributed by atoms with E-state index in [1.807, 2.05) is 18.3 Å². The van der Waals surface area contributed by atoms with Crippen LogP contribution in [0.1, 0.15) is 30.9 Å². The van der Waals surface area contributed by atoms with Crippen molar-refractivity contribution in [1.29, 1.82) is 0 Å². The highest BCUT2D eigenvalue weighted by atomic mass is 15.2. The number of para-hydroxylation sites is 2. The summed E-state index contributed by atoms with van der Waals surface area (Å²) in [6.45, 7) is 6.52. The van der Waals surface area contributed by atoms with Crippen molar-refractivity contribution in [3.63, 3.8) is 0 Å². The molecule has 3 aromatic heterocycles. The Kier molecular flexibility index (Phi) is 5.03. The van der Waals surface area contributed by atoms with Gasteiger partial charge in [0.1, 0.15) is 33.1 Å². The fourth-order valence-corrected chi connectivity index (χ4v) is 4.57. The highest BCUT2D eigenvalue weighted by molar-refractivity contribution is 6.17. The first kappa shape index (κ1) is 21.0. The molecular weight excluding hydrogens is 434 g/mol. The van der Waals surface area contributed by atoms with Crippen LogP contribution in [0, 0.1) is 6.92 Å². The number of nitrogens with zero attached hydrogens (tertiary/aromatic N) is 7. The molecule has 0 unspecified atom stereocenters. The van der Waals surface area contributed by atoms with Gasteiger partial charge in [-0.05, 0) is 36.1 Å². The lowest BCUT2D eigenvalue weighted by molar-refractivity contribution is 0.863. The first-order chi connectivity index (χ1) is 17.1. The molecule has 0 bridgehead atoms. The van der Waals surface area contributed by atoms with Crippen LogP contribution >= 0.6 is 0 Å². The van der Waals surface area contributed by atoms with E-state index in [1.165, 1.54) is 5.56 Å². The Morgan fingerprint density at radius 3 is 1.71 bits per heavy atom. The SMILES string of the molecule is Cc1ccccc1N(c1cnc2c3nccnc3c3nccnc3c2n1)c1ccccc1C(C)C. The molecule has 35 heavy (non-hydrogen) atoms. The summed E-state index contributed by atoms with van der Waals surface area (Å²) in [5, 5.41) is 0. The Morgan fingerprint density at radius 1 is 0.600 bits per heavy atom. The molecule has 0 fully saturated rings. The fraction of sp³-hybridized carbons (Fsp3) is 0.143. The van der Waals surface area contributed by atoms with Crippen molar-refractivity contribution in [2.45, 2.75) is 26.7 Å². The Hall–Kier alpha value is -4.52. The minimum Gasteiger partial charge on any atom is -0.293 e. The topological polar surface area (TPSA) is 80.6 Å². The van der Waals surface area contributed by atoms with Gasteiger partial charge in [0.05, 0.1) is 17.6 Å². The lowest BCUT2D eigenvalue weighted by Crippen LogP contribution is -2.15. The number of aryl methyl sites for hydroxylation is 1. The molecule has 0 saturated heterocycles. The molecule has 6 aromatic rings. The van der Waals surface area contributed by atoms with Crippen molar-refractivity contribution >= 4 is 50.3 Å². The second kappa shape index (κ2) is 8.36. The van der Waals surface area contributed by atoms with Gasteiger partial charge in [0.2, 0.25) is 0 Å². The third-order valence-corrected chi connectivity index (χ3v) is 6.21. The van der Waals surface area contributed by atoms with E-state index in [-0.39, 0.29) is 0 Å². The largest absolute Gasteiger partial charge is 0.293 e. The van der Waals surface area contributed by atoms with Crippen molar-refractivity contribution < 1.29 is 0 Å². The molecule has 7 heteroatoms. The van der Waals surface area contributed by atoms with Crippen LogP contribution < -0.4 is 4.90 Å². The second-order valence-corrected chi connectivity index (χ2v) is 8.77. The van der Waals surface area contributed by atoms with E-state index in [2.05, 4.69) is 82.0 Å². The van der Waals surface area contributed by atoms with Gasteiger partial charge >= 0.3 is 0 Å². The number of benzene rings is 3. The van der Waals surface area contributed by atoms with E-state index < -0.39 is 0 Å². The summed E-state index contributed by atoms with van der Waals surface area (Å²) < 4.78 is 0. The van der Waals surface area contributed by atoms with Gasteiger partial charge in [-0.3, -0.25) is 24.8 Å². The average molecular weight is 458 g/mol. The molecule has 0 N–H and O–H groups in total. The molecule has 3 heterocycles. The summed E-state index contributed by atoms with van der Waals surface area (Å²) in [6.07, 6.45) is 8.47. The molecule has 0 amide bonds. The molecule has 0 aliphatic rings. The summed E-state index contributed by atoms with van der Waals surface area (Å²) in [5.74, 6) is 1.03. The number of aromatic nitrogens is 6. The van der Waals surface area contributed by atoms with E-state index >= 15 is 0 Å². The van der Waals surface area contributed by atoms with E-state index in [1.54, 1.807) is 24.8 Å². The van der Waals surface area contributed by atoms with Crippen molar-refractivity contribution in [1.82, 2.24) is 29.9 Å². The van der Waals surface area contributed by atoms with Gasteiger partial charge < -0.3 is 0 Å². The third-order valence-electron chi connectivity index (χ3n) is 6.21. The highest BCUT2D eigenvalue weighted by Crippen LogP contribution is 2.40. The Labute approximate surface area is 202 Å². The summed E-state index contributed by atoms with van der Waals surface area (Å²) in [7, 11) is 0. The number of rotatable bonds is 4. The molecule has 6 rings (SSSR count). The molecule has 170 valence electrons. The van der Waals surface area contributed by atoms with E-state index in [0.29, 0.717) is 44.8 Å². The van der Waals surface area contributed by atoms with E-state index in [4.69, 9.17) is 9.97 Å². The predicted octanol–water partition coefficient (Wildman–Crippen LogP) is 6.42. The summed E-state index contributed by atoms with van der Waals surface area (Å²) >= 11 is 0. The molecule has 0 spiro atoms. The van der Waals surface area contributed by atoms with Crippen LogP contribution in [0.3, 0.4) is 0 Å². The van der Waals surface area contributed by atoms with Gasteiger partial charge in [0.15, 0.2) is 5.82 Å².